The fourth-order valence-electron chi connectivity index (χ4n) is 5.74. The highest BCUT2D eigenvalue weighted by atomic mass is 16.5. The largest absolute Gasteiger partial charge is 0.493 e. The number of hydrogen-bond acceptors (Lipinski definition) is 4. The van der Waals surface area contributed by atoms with Gasteiger partial charge in [-0.3, -0.25) is 0 Å². The number of aromatic nitrogens is 1. The lowest BCUT2D eigenvalue weighted by Crippen LogP contribution is -2.25. The van der Waals surface area contributed by atoms with Crippen LogP contribution in [0, 0.1) is 5.92 Å². The lowest BCUT2D eigenvalue weighted by molar-refractivity contribution is 0.0601. The SMILES string of the molecule is CNCC[C@H]1COc2ccccc2-c2c(C3CCCCC3)c3ccc(C(=O)OC)cc3n2C1. The van der Waals surface area contributed by atoms with Crippen molar-refractivity contribution in [2.24, 2.45) is 5.92 Å². The van der Waals surface area contributed by atoms with Gasteiger partial charge in [-0.2, -0.15) is 0 Å². The van der Waals surface area contributed by atoms with Gasteiger partial charge in [0.1, 0.15) is 5.75 Å². The average molecular weight is 447 g/mol. The minimum absolute atomic E-state index is 0.284. The number of fused-ring (bicyclic) bond motifs is 5. The molecule has 1 saturated carbocycles. The van der Waals surface area contributed by atoms with E-state index in [1.807, 2.05) is 19.2 Å². The first-order valence-electron chi connectivity index (χ1n) is 12.3. The highest BCUT2D eigenvalue weighted by Crippen LogP contribution is 2.47. The number of esters is 1. The van der Waals surface area contributed by atoms with Crippen molar-refractivity contribution in [1.82, 2.24) is 9.88 Å². The topological polar surface area (TPSA) is 52.5 Å². The molecule has 2 aromatic carbocycles. The summed E-state index contributed by atoms with van der Waals surface area (Å²) in [4.78, 5) is 12.4. The van der Waals surface area contributed by atoms with Gasteiger partial charge in [-0.1, -0.05) is 37.5 Å². The Morgan fingerprint density at radius 2 is 1.97 bits per heavy atom. The van der Waals surface area contributed by atoms with Gasteiger partial charge in [0.2, 0.25) is 0 Å². The number of carbonyl (C=O) groups excluding carboxylic acids is 1. The van der Waals surface area contributed by atoms with Gasteiger partial charge in [0.15, 0.2) is 0 Å². The third-order valence-corrected chi connectivity index (χ3v) is 7.40. The van der Waals surface area contributed by atoms with Crippen molar-refractivity contribution in [3.05, 3.63) is 53.6 Å². The predicted octanol–water partition coefficient (Wildman–Crippen LogP) is 5.76. The van der Waals surface area contributed by atoms with Crippen LogP contribution in [-0.4, -0.2) is 37.8 Å². The summed E-state index contributed by atoms with van der Waals surface area (Å²) in [5, 5.41) is 4.57. The van der Waals surface area contributed by atoms with E-state index in [1.165, 1.54) is 61.4 Å². The number of ether oxygens (including phenoxy) is 2. The second kappa shape index (κ2) is 9.60. The van der Waals surface area contributed by atoms with Gasteiger partial charge in [-0.05, 0) is 68.6 Å². The Labute approximate surface area is 196 Å². The molecule has 0 unspecified atom stereocenters. The highest BCUT2D eigenvalue weighted by molar-refractivity contribution is 5.99. The minimum atomic E-state index is -0.284. The van der Waals surface area contributed by atoms with Crippen molar-refractivity contribution in [2.45, 2.75) is 51.0 Å². The van der Waals surface area contributed by atoms with Gasteiger partial charge in [0.25, 0.3) is 0 Å². The maximum Gasteiger partial charge on any atom is 0.337 e. The summed E-state index contributed by atoms with van der Waals surface area (Å²) < 4.78 is 13.9. The Morgan fingerprint density at radius 3 is 2.76 bits per heavy atom. The zero-order chi connectivity index (χ0) is 22.8. The third-order valence-electron chi connectivity index (χ3n) is 7.40. The molecule has 3 aromatic rings. The van der Waals surface area contributed by atoms with Crippen LogP contribution in [0.25, 0.3) is 22.2 Å². The molecule has 5 heteroatoms. The Bertz CT molecular complexity index is 1140. The van der Waals surface area contributed by atoms with Crippen molar-refractivity contribution in [2.75, 3.05) is 27.3 Å². The Morgan fingerprint density at radius 1 is 1.15 bits per heavy atom. The average Bonchev–Trinajstić information content (AvgIpc) is 3.17. The summed E-state index contributed by atoms with van der Waals surface area (Å²) in [7, 11) is 3.45. The number of rotatable bonds is 5. The van der Waals surface area contributed by atoms with E-state index in [-0.39, 0.29) is 5.97 Å². The van der Waals surface area contributed by atoms with E-state index in [0.717, 1.165) is 30.8 Å². The summed E-state index contributed by atoms with van der Waals surface area (Å²) >= 11 is 0. The molecule has 1 atom stereocenters. The summed E-state index contributed by atoms with van der Waals surface area (Å²) in [6.07, 6.45) is 7.35. The number of para-hydroxylation sites is 1. The van der Waals surface area contributed by atoms with E-state index in [0.29, 0.717) is 24.0 Å². The van der Waals surface area contributed by atoms with Crippen molar-refractivity contribution in [3.63, 3.8) is 0 Å². The molecule has 5 rings (SSSR count). The second-order valence-electron chi connectivity index (χ2n) is 9.50. The lowest BCUT2D eigenvalue weighted by Gasteiger charge is -2.28. The Hall–Kier alpha value is -2.79. The molecule has 0 bridgehead atoms. The van der Waals surface area contributed by atoms with Crippen molar-refractivity contribution < 1.29 is 14.3 Å². The number of hydrogen-bond donors (Lipinski definition) is 1. The van der Waals surface area contributed by atoms with Crippen LogP contribution in [0.5, 0.6) is 5.75 Å². The summed E-state index contributed by atoms with van der Waals surface area (Å²) in [5.41, 5.74) is 5.63. The molecule has 2 heterocycles. The molecular weight excluding hydrogens is 412 g/mol. The second-order valence-corrected chi connectivity index (χ2v) is 9.50. The Kier molecular flexibility index (Phi) is 6.41. The van der Waals surface area contributed by atoms with Gasteiger partial charge < -0.3 is 19.4 Å². The quantitative estimate of drug-likeness (QED) is 0.506. The standard InChI is InChI=1S/C28H34N2O3/c1-29-15-14-19-17-30-24-16-21(28(31)32-2)12-13-22(24)26(20-8-4-3-5-9-20)27(30)23-10-6-7-11-25(23)33-18-19/h6-7,10-13,16,19-20,29H,3-5,8-9,14-15,17-18H2,1-2H3/t19-/m1/s1. The number of carbonyl (C=O) groups is 1. The molecule has 1 N–H and O–H groups in total. The van der Waals surface area contributed by atoms with Crippen LogP contribution in [0.15, 0.2) is 42.5 Å². The smallest absolute Gasteiger partial charge is 0.337 e. The molecule has 0 radical (unpaired) electrons. The monoisotopic (exact) mass is 446 g/mol. The molecule has 1 aliphatic heterocycles. The predicted molar refractivity (Wildman–Crippen MR) is 132 cm³/mol. The molecule has 0 spiro atoms. The first-order valence-corrected chi connectivity index (χ1v) is 12.3. The highest BCUT2D eigenvalue weighted by Gasteiger charge is 2.30. The number of nitrogens with zero attached hydrogens (tertiary/aromatic N) is 1. The van der Waals surface area contributed by atoms with Crippen LogP contribution in [0.1, 0.15) is 60.4 Å². The molecule has 0 amide bonds. The molecule has 0 saturated heterocycles. The van der Waals surface area contributed by atoms with E-state index < -0.39 is 0 Å². The molecule has 1 fully saturated rings. The van der Waals surface area contributed by atoms with E-state index in [1.54, 1.807) is 0 Å². The van der Waals surface area contributed by atoms with Crippen LogP contribution in [0.2, 0.25) is 0 Å². The first kappa shape index (κ1) is 22.0. The fourth-order valence-corrected chi connectivity index (χ4v) is 5.74. The molecular formula is C28H34N2O3. The fraction of sp³-hybridized carbons (Fsp3) is 0.464. The normalized spacial score (nSPS) is 18.7. The van der Waals surface area contributed by atoms with E-state index in [9.17, 15) is 4.79 Å². The molecule has 33 heavy (non-hydrogen) atoms. The number of nitrogens with one attached hydrogen (secondary N) is 1. The first-order chi connectivity index (χ1) is 16.2. The van der Waals surface area contributed by atoms with Crippen LogP contribution in [-0.2, 0) is 11.3 Å². The van der Waals surface area contributed by atoms with Crippen LogP contribution in [0.4, 0.5) is 0 Å². The van der Waals surface area contributed by atoms with Gasteiger partial charge in [0, 0.05) is 28.9 Å². The van der Waals surface area contributed by atoms with Gasteiger partial charge in [-0.25, -0.2) is 4.79 Å². The zero-order valence-electron chi connectivity index (χ0n) is 19.7. The van der Waals surface area contributed by atoms with Crippen molar-refractivity contribution in [3.8, 4) is 17.0 Å². The van der Waals surface area contributed by atoms with E-state index in [4.69, 9.17) is 9.47 Å². The summed E-state index contributed by atoms with van der Waals surface area (Å²) in [6, 6.07) is 14.6. The van der Waals surface area contributed by atoms with Gasteiger partial charge in [0.05, 0.1) is 25.0 Å². The van der Waals surface area contributed by atoms with Gasteiger partial charge in [-0.15, -0.1) is 0 Å². The maximum atomic E-state index is 12.4. The minimum Gasteiger partial charge on any atom is -0.493 e. The molecule has 1 aliphatic carbocycles. The van der Waals surface area contributed by atoms with Crippen LogP contribution >= 0.6 is 0 Å². The summed E-state index contributed by atoms with van der Waals surface area (Å²) in [6.45, 7) is 2.51. The van der Waals surface area contributed by atoms with Crippen molar-refractivity contribution >= 4 is 16.9 Å². The summed E-state index contributed by atoms with van der Waals surface area (Å²) in [5.74, 6) is 1.58. The van der Waals surface area contributed by atoms with Crippen LogP contribution in [0.3, 0.4) is 0 Å². The van der Waals surface area contributed by atoms with Crippen LogP contribution < -0.4 is 10.1 Å². The number of methoxy groups -OCH3 is 1. The molecule has 2 aliphatic rings. The van der Waals surface area contributed by atoms with Crippen molar-refractivity contribution in [1.29, 1.82) is 0 Å². The third kappa shape index (κ3) is 4.15. The lowest BCUT2D eigenvalue weighted by atomic mass is 9.81. The molecule has 174 valence electrons. The van der Waals surface area contributed by atoms with Gasteiger partial charge >= 0.3 is 5.97 Å². The number of benzene rings is 2. The molecule has 1 aromatic heterocycles. The molecule has 5 nitrogen and oxygen atoms in total. The van der Waals surface area contributed by atoms with E-state index >= 15 is 0 Å². The maximum absolute atomic E-state index is 12.4. The zero-order valence-corrected chi connectivity index (χ0v) is 19.7. The van der Waals surface area contributed by atoms with E-state index in [2.05, 4.69) is 40.2 Å². The Balaban J connectivity index is 1.77.